The van der Waals surface area contributed by atoms with E-state index in [9.17, 15) is 0 Å². The van der Waals surface area contributed by atoms with Gasteiger partial charge in [-0.25, -0.2) is 0 Å². The molecule has 2 N–H and O–H groups in total. The SMILES string of the molecule is CCC(N)c1cccc(-c2ccnn2CC)c1. The van der Waals surface area contributed by atoms with Gasteiger partial charge >= 0.3 is 0 Å². The molecule has 0 aliphatic heterocycles. The van der Waals surface area contributed by atoms with Crippen molar-refractivity contribution in [1.29, 1.82) is 0 Å². The van der Waals surface area contributed by atoms with E-state index in [1.165, 1.54) is 11.1 Å². The molecule has 2 rings (SSSR count). The topological polar surface area (TPSA) is 43.8 Å². The number of benzene rings is 1. The smallest absolute Gasteiger partial charge is 0.0682 e. The number of nitrogens with two attached hydrogens (primary N) is 1. The fraction of sp³-hybridized carbons (Fsp3) is 0.357. The lowest BCUT2D eigenvalue weighted by Gasteiger charge is -2.11. The molecule has 3 heteroatoms. The van der Waals surface area contributed by atoms with Crippen molar-refractivity contribution in [3.05, 3.63) is 42.1 Å². The molecule has 0 aliphatic rings. The highest BCUT2D eigenvalue weighted by molar-refractivity contribution is 5.60. The fourth-order valence-corrected chi connectivity index (χ4v) is 1.99. The molecule has 0 spiro atoms. The van der Waals surface area contributed by atoms with Crippen LogP contribution in [0.1, 0.15) is 31.9 Å². The third-order valence-electron chi connectivity index (χ3n) is 3.07. The molecular weight excluding hydrogens is 210 g/mol. The molecule has 1 heterocycles. The molecule has 0 saturated carbocycles. The molecule has 1 aromatic heterocycles. The van der Waals surface area contributed by atoms with Gasteiger partial charge < -0.3 is 5.73 Å². The summed E-state index contributed by atoms with van der Waals surface area (Å²) in [6, 6.07) is 10.6. The molecule has 3 nitrogen and oxygen atoms in total. The third kappa shape index (κ3) is 2.39. The van der Waals surface area contributed by atoms with Crippen LogP contribution in [0, 0.1) is 0 Å². The number of hydrogen-bond acceptors (Lipinski definition) is 2. The van der Waals surface area contributed by atoms with Crippen molar-refractivity contribution in [2.24, 2.45) is 5.73 Å². The van der Waals surface area contributed by atoms with Gasteiger partial charge in [0.1, 0.15) is 0 Å². The number of nitrogens with zero attached hydrogens (tertiary/aromatic N) is 2. The predicted molar refractivity (Wildman–Crippen MR) is 70.6 cm³/mol. The highest BCUT2D eigenvalue weighted by Crippen LogP contribution is 2.23. The van der Waals surface area contributed by atoms with Crippen LogP contribution in [0.4, 0.5) is 0 Å². The second-order valence-corrected chi connectivity index (χ2v) is 4.17. The molecule has 1 unspecified atom stereocenters. The molecule has 0 bridgehead atoms. The quantitative estimate of drug-likeness (QED) is 0.876. The molecular formula is C14H19N3. The Balaban J connectivity index is 2.39. The summed E-state index contributed by atoms with van der Waals surface area (Å²) in [5.74, 6) is 0. The standard InChI is InChI=1S/C14H19N3/c1-3-13(15)11-6-5-7-12(10-11)14-8-9-16-17(14)4-2/h5-10,13H,3-4,15H2,1-2H3. The lowest BCUT2D eigenvalue weighted by Crippen LogP contribution is -2.08. The summed E-state index contributed by atoms with van der Waals surface area (Å²) in [6.45, 7) is 5.08. The molecule has 17 heavy (non-hydrogen) atoms. The highest BCUT2D eigenvalue weighted by atomic mass is 15.3. The average molecular weight is 229 g/mol. The van der Waals surface area contributed by atoms with Crippen molar-refractivity contribution in [3.63, 3.8) is 0 Å². The summed E-state index contributed by atoms with van der Waals surface area (Å²) in [5, 5.41) is 4.29. The molecule has 0 fully saturated rings. The van der Waals surface area contributed by atoms with Gasteiger partial charge in [-0.05, 0) is 31.0 Å². The maximum Gasteiger partial charge on any atom is 0.0682 e. The van der Waals surface area contributed by atoms with Crippen LogP contribution >= 0.6 is 0 Å². The van der Waals surface area contributed by atoms with Gasteiger partial charge in [0.15, 0.2) is 0 Å². The lowest BCUT2D eigenvalue weighted by atomic mass is 10.0. The molecule has 1 atom stereocenters. The van der Waals surface area contributed by atoms with Gasteiger partial charge in [-0.1, -0.05) is 25.1 Å². The zero-order valence-electron chi connectivity index (χ0n) is 10.4. The van der Waals surface area contributed by atoms with Crippen LogP contribution in [0.15, 0.2) is 36.5 Å². The van der Waals surface area contributed by atoms with E-state index in [1.54, 1.807) is 0 Å². The molecule has 2 aromatic rings. The molecule has 90 valence electrons. The first kappa shape index (κ1) is 11.9. The van der Waals surface area contributed by atoms with Crippen molar-refractivity contribution in [1.82, 2.24) is 9.78 Å². The van der Waals surface area contributed by atoms with E-state index >= 15 is 0 Å². The third-order valence-corrected chi connectivity index (χ3v) is 3.07. The van der Waals surface area contributed by atoms with Gasteiger partial charge in [0.25, 0.3) is 0 Å². The van der Waals surface area contributed by atoms with Crippen molar-refractivity contribution >= 4 is 0 Å². The molecule has 0 radical (unpaired) electrons. The van der Waals surface area contributed by atoms with Crippen LogP contribution in [-0.2, 0) is 6.54 Å². The van der Waals surface area contributed by atoms with E-state index in [1.807, 2.05) is 16.9 Å². The Morgan fingerprint density at radius 1 is 1.29 bits per heavy atom. The largest absolute Gasteiger partial charge is 0.324 e. The molecule has 0 aliphatic carbocycles. The Kier molecular flexibility index (Phi) is 3.59. The van der Waals surface area contributed by atoms with Gasteiger partial charge in [-0.3, -0.25) is 4.68 Å². The zero-order valence-corrected chi connectivity index (χ0v) is 10.4. The molecule has 0 amide bonds. The summed E-state index contributed by atoms with van der Waals surface area (Å²) >= 11 is 0. The van der Waals surface area contributed by atoms with Crippen LogP contribution in [0.5, 0.6) is 0 Å². The van der Waals surface area contributed by atoms with Gasteiger partial charge in [0.2, 0.25) is 0 Å². The van der Waals surface area contributed by atoms with E-state index in [4.69, 9.17) is 5.73 Å². The summed E-state index contributed by atoms with van der Waals surface area (Å²) in [6.07, 6.45) is 2.79. The van der Waals surface area contributed by atoms with E-state index in [0.717, 1.165) is 18.7 Å². The van der Waals surface area contributed by atoms with E-state index in [2.05, 4.69) is 43.2 Å². The first-order chi connectivity index (χ1) is 8.26. The van der Waals surface area contributed by atoms with Crippen LogP contribution in [0.3, 0.4) is 0 Å². The second kappa shape index (κ2) is 5.15. The predicted octanol–water partition coefficient (Wildman–Crippen LogP) is 2.98. The van der Waals surface area contributed by atoms with Crippen LogP contribution in [0.2, 0.25) is 0 Å². The van der Waals surface area contributed by atoms with Crippen LogP contribution in [0.25, 0.3) is 11.3 Å². The Hall–Kier alpha value is -1.61. The summed E-state index contributed by atoms with van der Waals surface area (Å²) in [5.41, 5.74) is 9.59. The lowest BCUT2D eigenvalue weighted by molar-refractivity contribution is 0.666. The monoisotopic (exact) mass is 229 g/mol. The van der Waals surface area contributed by atoms with Gasteiger partial charge in [0.05, 0.1) is 5.69 Å². The Morgan fingerprint density at radius 2 is 2.12 bits per heavy atom. The van der Waals surface area contributed by atoms with Gasteiger partial charge in [-0.2, -0.15) is 5.10 Å². The summed E-state index contributed by atoms with van der Waals surface area (Å²) in [7, 11) is 0. The zero-order chi connectivity index (χ0) is 12.3. The molecule has 0 saturated heterocycles. The second-order valence-electron chi connectivity index (χ2n) is 4.17. The first-order valence-electron chi connectivity index (χ1n) is 6.14. The summed E-state index contributed by atoms with van der Waals surface area (Å²) < 4.78 is 2.00. The minimum atomic E-state index is 0.118. The Morgan fingerprint density at radius 3 is 2.82 bits per heavy atom. The van der Waals surface area contributed by atoms with Gasteiger partial charge in [0, 0.05) is 24.3 Å². The van der Waals surface area contributed by atoms with E-state index in [0.29, 0.717) is 0 Å². The van der Waals surface area contributed by atoms with Crippen LogP contribution in [-0.4, -0.2) is 9.78 Å². The van der Waals surface area contributed by atoms with Crippen molar-refractivity contribution in [3.8, 4) is 11.3 Å². The highest BCUT2D eigenvalue weighted by Gasteiger charge is 2.07. The van der Waals surface area contributed by atoms with Crippen molar-refractivity contribution in [2.75, 3.05) is 0 Å². The Bertz CT molecular complexity index is 488. The van der Waals surface area contributed by atoms with Crippen molar-refractivity contribution in [2.45, 2.75) is 32.9 Å². The number of hydrogen-bond donors (Lipinski definition) is 1. The maximum absolute atomic E-state index is 6.06. The first-order valence-corrected chi connectivity index (χ1v) is 6.14. The van der Waals surface area contributed by atoms with E-state index in [-0.39, 0.29) is 6.04 Å². The summed E-state index contributed by atoms with van der Waals surface area (Å²) in [4.78, 5) is 0. The maximum atomic E-state index is 6.06. The minimum absolute atomic E-state index is 0.118. The Labute approximate surface area is 102 Å². The number of aryl methyl sites for hydroxylation is 1. The molecule has 1 aromatic carbocycles. The van der Waals surface area contributed by atoms with Gasteiger partial charge in [-0.15, -0.1) is 0 Å². The van der Waals surface area contributed by atoms with Crippen molar-refractivity contribution < 1.29 is 0 Å². The fourth-order valence-electron chi connectivity index (χ4n) is 1.99. The average Bonchev–Trinajstić information content (AvgIpc) is 2.86. The number of aromatic nitrogens is 2. The normalized spacial score (nSPS) is 12.6. The number of rotatable bonds is 4. The van der Waals surface area contributed by atoms with E-state index < -0.39 is 0 Å². The van der Waals surface area contributed by atoms with Crippen LogP contribution < -0.4 is 5.73 Å². The minimum Gasteiger partial charge on any atom is -0.324 e.